The summed E-state index contributed by atoms with van der Waals surface area (Å²) in [7, 11) is 0. The molecule has 0 heteroatoms. The first-order valence-corrected chi connectivity index (χ1v) is 8.61. The fraction of sp³-hybridized carbons (Fsp3) is 0.0833. The van der Waals surface area contributed by atoms with Crippen LogP contribution in [0, 0.1) is 0 Å². The molecule has 0 saturated heterocycles. The topological polar surface area (TPSA) is 0 Å². The maximum Gasteiger partial charge on any atom is 0.0431 e. The molecule has 112 valence electrons. The number of hydrogen-bond acceptors (Lipinski definition) is 0. The van der Waals surface area contributed by atoms with Gasteiger partial charge in [0.25, 0.3) is 0 Å². The number of hydrogen-bond donors (Lipinski definition) is 0. The van der Waals surface area contributed by atoms with Crippen molar-refractivity contribution in [1.29, 1.82) is 0 Å². The average Bonchev–Trinajstić information content (AvgIpc) is 2.64. The van der Waals surface area contributed by atoms with Crippen molar-refractivity contribution in [3.05, 3.63) is 94.8 Å². The smallest absolute Gasteiger partial charge is 0.0431 e. The van der Waals surface area contributed by atoms with Crippen molar-refractivity contribution in [2.75, 3.05) is 0 Å². The molecule has 0 saturated carbocycles. The number of rotatable bonds is 0. The third-order valence-corrected chi connectivity index (χ3v) is 5.91. The molecule has 1 spiro atoms. The minimum Gasteiger partial charge on any atom is -0.0830 e. The second-order valence-electron chi connectivity index (χ2n) is 7.00. The summed E-state index contributed by atoms with van der Waals surface area (Å²) in [5.74, 6) is 0. The van der Waals surface area contributed by atoms with Crippen LogP contribution >= 0.6 is 0 Å². The Morgan fingerprint density at radius 1 is 0.833 bits per heavy atom. The number of allylic oxidation sites excluding steroid dienone is 7. The first-order valence-electron chi connectivity index (χ1n) is 8.61. The van der Waals surface area contributed by atoms with Gasteiger partial charge >= 0.3 is 0 Å². The van der Waals surface area contributed by atoms with Crippen molar-refractivity contribution < 1.29 is 0 Å². The standard InChI is InChI=1S/C24H16/c1-2-14-24-15-5-11-20-18-9-3-6-16-7-4-10-19(22(16)18)21(23(20)24)13-12-17(24)8-1/h1-13,15H,14H2. The molecule has 3 aromatic rings. The summed E-state index contributed by atoms with van der Waals surface area (Å²) in [4.78, 5) is 0. The third kappa shape index (κ3) is 1.32. The van der Waals surface area contributed by atoms with Gasteiger partial charge in [0.2, 0.25) is 0 Å². The Morgan fingerprint density at radius 3 is 2.62 bits per heavy atom. The first-order chi connectivity index (χ1) is 11.9. The van der Waals surface area contributed by atoms with Crippen LogP contribution in [0.3, 0.4) is 0 Å². The molecule has 0 fully saturated rings. The van der Waals surface area contributed by atoms with E-state index < -0.39 is 0 Å². The van der Waals surface area contributed by atoms with E-state index >= 15 is 0 Å². The van der Waals surface area contributed by atoms with Crippen LogP contribution in [0.15, 0.2) is 78.4 Å². The zero-order chi connectivity index (χ0) is 15.7. The normalized spacial score (nSPS) is 23.1. The highest BCUT2D eigenvalue weighted by Gasteiger charge is 2.39. The monoisotopic (exact) mass is 304 g/mol. The van der Waals surface area contributed by atoms with E-state index in [4.69, 9.17) is 0 Å². The second-order valence-corrected chi connectivity index (χ2v) is 7.00. The summed E-state index contributed by atoms with van der Waals surface area (Å²) in [6.45, 7) is 0. The summed E-state index contributed by atoms with van der Waals surface area (Å²) in [5.41, 5.74) is 4.33. The molecule has 1 unspecified atom stereocenters. The molecule has 0 aliphatic heterocycles. The third-order valence-electron chi connectivity index (χ3n) is 5.91. The van der Waals surface area contributed by atoms with Crippen LogP contribution in [0.1, 0.15) is 17.5 Å². The SMILES string of the molecule is C1=CCC23C=CC=c4c2c(c2cccc5cccc4c52)C=CC3=C1. The van der Waals surface area contributed by atoms with Gasteiger partial charge in [-0.15, -0.1) is 0 Å². The lowest BCUT2D eigenvalue weighted by Gasteiger charge is -2.40. The molecule has 3 aliphatic carbocycles. The van der Waals surface area contributed by atoms with Gasteiger partial charge in [-0.05, 0) is 49.9 Å². The largest absolute Gasteiger partial charge is 0.0830 e. The van der Waals surface area contributed by atoms with Crippen LogP contribution < -0.4 is 5.22 Å². The highest BCUT2D eigenvalue weighted by atomic mass is 14.4. The van der Waals surface area contributed by atoms with E-state index in [2.05, 4.69) is 85.0 Å². The molecule has 0 heterocycles. The van der Waals surface area contributed by atoms with Crippen molar-refractivity contribution in [2.24, 2.45) is 0 Å². The van der Waals surface area contributed by atoms with Gasteiger partial charge in [-0.2, -0.15) is 0 Å². The Morgan fingerprint density at radius 2 is 1.71 bits per heavy atom. The average molecular weight is 304 g/mol. The fourth-order valence-corrected chi connectivity index (χ4v) is 4.90. The molecule has 0 radical (unpaired) electrons. The van der Waals surface area contributed by atoms with Gasteiger partial charge in [-0.25, -0.2) is 0 Å². The van der Waals surface area contributed by atoms with Gasteiger partial charge in [0.15, 0.2) is 0 Å². The van der Waals surface area contributed by atoms with E-state index in [9.17, 15) is 0 Å². The molecular formula is C24H16. The van der Waals surface area contributed by atoms with Crippen molar-refractivity contribution >= 4 is 33.7 Å². The maximum absolute atomic E-state index is 2.40. The zero-order valence-corrected chi connectivity index (χ0v) is 13.3. The zero-order valence-electron chi connectivity index (χ0n) is 13.3. The number of benzene rings is 3. The van der Waals surface area contributed by atoms with Crippen molar-refractivity contribution in [3.63, 3.8) is 0 Å². The van der Waals surface area contributed by atoms with Gasteiger partial charge in [0, 0.05) is 5.41 Å². The molecular weight excluding hydrogens is 288 g/mol. The molecule has 6 rings (SSSR count). The molecule has 24 heavy (non-hydrogen) atoms. The Balaban J connectivity index is 1.94. The minimum absolute atomic E-state index is 0.0125. The summed E-state index contributed by atoms with van der Waals surface area (Å²) >= 11 is 0. The van der Waals surface area contributed by atoms with Crippen molar-refractivity contribution in [3.8, 4) is 0 Å². The van der Waals surface area contributed by atoms with E-state index in [0.717, 1.165) is 6.42 Å². The van der Waals surface area contributed by atoms with E-state index in [1.54, 1.807) is 0 Å². The van der Waals surface area contributed by atoms with Crippen LogP contribution in [-0.4, -0.2) is 0 Å². The Labute approximate surface area is 140 Å². The molecule has 0 bridgehead atoms. The van der Waals surface area contributed by atoms with Crippen LogP contribution in [0.2, 0.25) is 0 Å². The van der Waals surface area contributed by atoms with Gasteiger partial charge < -0.3 is 0 Å². The summed E-state index contributed by atoms with van der Waals surface area (Å²) in [6, 6.07) is 13.4. The van der Waals surface area contributed by atoms with E-state index in [1.165, 1.54) is 43.5 Å². The lowest BCUT2D eigenvalue weighted by Crippen LogP contribution is -2.37. The summed E-state index contributed by atoms with van der Waals surface area (Å²) < 4.78 is 0. The lowest BCUT2D eigenvalue weighted by atomic mass is 9.63. The molecule has 0 nitrogen and oxygen atoms in total. The van der Waals surface area contributed by atoms with Crippen molar-refractivity contribution in [2.45, 2.75) is 11.8 Å². The predicted octanol–water partition coefficient (Wildman–Crippen LogP) is 5.21. The molecule has 3 aliphatic rings. The molecule has 0 amide bonds. The van der Waals surface area contributed by atoms with Crippen LogP contribution in [0.4, 0.5) is 0 Å². The van der Waals surface area contributed by atoms with E-state index in [-0.39, 0.29) is 5.41 Å². The molecule has 0 N–H and O–H groups in total. The van der Waals surface area contributed by atoms with Gasteiger partial charge in [-0.3, -0.25) is 0 Å². The van der Waals surface area contributed by atoms with E-state index in [0.29, 0.717) is 0 Å². The van der Waals surface area contributed by atoms with E-state index in [1.807, 2.05) is 0 Å². The highest BCUT2D eigenvalue weighted by molar-refractivity contribution is 6.14. The highest BCUT2D eigenvalue weighted by Crippen LogP contribution is 2.47. The minimum atomic E-state index is 0.0125. The fourth-order valence-electron chi connectivity index (χ4n) is 4.90. The molecule has 3 aromatic carbocycles. The maximum atomic E-state index is 2.40. The number of fused-ring (bicyclic) bond motifs is 2. The summed E-state index contributed by atoms with van der Waals surface area (Å²) in [6.07, 6.45) is 19.4. The predicted molar refractivity (Wildman–Crippen MR) is 103 cm³/mol. The van der Waals surface area contributed by atoms with Gasteiger partial charge in [0.05, 0.1) is 0 Å². The van der Waals surface area contributed by atoms with Crippen molar-refractivity contribution in [1.82, 2.24) is 0 Å². The quantitative estimate of drug-likeness (QED) is 0.534. The van der Waals surface area contributed by atoms with Crippen LogP contribution in [-0.2, 0) is 5.41 Å². The first kappa shape index (κ1) is 12.5. The van der Waals surface area contributed by atoms with Gasteiger partial charge in [-0.1, -0.05) is 85.0 Å². The Kier molecular flexibility index (Phi) is 2.17. The Bertz CT molecular complexity index is 1210. The molecule has 1 atom stereocenters. The summed E-state index contributed by atoms with van der Waals surface area (Å²) in [5, 5.41) is 6.91. The van der Waals surface area contributed by atoms with Gasteiger partial charge in [0.1, 0.15) is 0 Å². The van der Waals surface area contributed by atoms with Crippen LogP contribution in [0.5, 0.6) is 0 Å². The molecule has 0 aromatic heterocycles. The Hall–Kier alpha value is -2.86. The second kappa shape index (κ2) is 4.15. The van der Waals surface area contributed by atoms with Crippen LogP contribution in [0.25, 0.3) is 33.7 Å². The lowest BCUT2D eigenvalue weighted by molar-refractivity contribution is 0.635.